The Morgan fingerprint density at radius 3 is 2.79 bits per heavy atom. The highest BCUT2D eigenvalue weighted by Crippen LogP contribution is 2.11. The van der Waals surface area contributed by atoms with Crippen molar-refractivity contribution in [2.24, 2.45) is 7.05 Å². The van der Waals surface area contributed by atoms with Crippen molar-refractivity contribution < 1.29 is 4.79 Å². The monoisotopic (exact) mass is 347 g/mol. The van der Waals surface area contributed by atoms with Gasteiger partial charge < -0.3 is 15.2 Å². The van der Waals surface area contributed by atoms with E-state index in [9.17, 15) is 9.59 Å². The zero-order chi connectivity index (χ0) is 14.4. The van der Waals surface area contributed by atoms with Crippen molar-refractivity contribution in [3.05, 3.63) is 27.1 Å². The third-order valence-electron chi connectivity index (χ3n) is 2.59. The predicted octanol–water partition coefficient (Wildman–Crippen LogP) is 2.41. The normalized spacial score (nSPS) is 12.0. The van der Waals surface area contributed by atoms with Crippen molar-refractivity contribution in [2.45, 2.75) is 19.4 Å². The zero-order valence-electron chi connectivity index (χ0n) is 11.2. The molecule has 5 nitrogen and oxygen atoms in total. The van der Waals surface area contributed by atoms with E-state index in [-0.39, 0.29) is 17.6 Å². The molecule has 0 aliphatic carbocycles. The summed E-state index contributed by atoms with van der Waals surface area (Å²) in [5.74, 6) is 0.876. The van der Waals surface area contributed by atoms with Gasteiger partial charge in [0.15, 0.2) is 0 Å². The number of nitrogens with zero attached hydrogens (tertiary/aromatic N) is 1. The van der Waals surface area contributed by atoms with E-state index in [1.54, 1.807) is 31.1 Å². The number of hydrogen-bond donors (Lipinski definition) is 2. The first-order valence-electron chi connectivity index (χ1n) is 5.90. The van der Waals surface area contributed by atoms with Gasteiger partial charge in [-0.3, -0.25) is 4.79 Å². The van der Waals surface area contributed by atoms with Crippen LogP contribution in [0.15, 0.2) is 21.5 Å². The molecule has 7 heteroatoms. The molecule has 19 heavy (non-hydrogen) atoms. The van der Waals surface area contributed by atoms with E-state index in [2.05, 4.69) is 26.6 Å². The number of aromatic nitrogens is 1. The highest BCUT2D eigenvalue weighted by atomic mass is 79.9. The molecule has 1 aromatic rings. The summed E-state index contributed by atoms with van der Waals surface area (Å²) in [5.41, 5.74) is 0.435. The molecule has 1 heterocycles. The summed E-state index contributed by atoms with van der Waals surface area (Å²) < 4.78 is 1.84. The number of hydrogen-bond acceptors (Lipinski definition) is 3. The molecule has 106 valence electrons. The minimum atomic E-state index is -0.258. The van der Waals surface area contributed by atoms with E-state index in [0.717, 1.165) is 12.2 Å². The van der Waals surface area contributed by atoms with Crippen molar-refractivity contribution in [2.75, 3.05) is 17.3 Å². The molecule has 0 aliphatic heterocycles. The van der Waals surface area contributed by atoms with Crippen LogP contribution in [0.5, 0.6) is 0 Å². The Kier molecular flexibility index (Phi) is 6.44. The summed E-state index contributed by atoms with van der Waals surface area (Å²) in [6, 6.07) is 1.48. The van der Waals surface area contributed by atoms with E-state index in [1.807, 2.05) is 13.2 Å². The van der Waals surface area contributed by atoms with Gasteiger partial charge in [0.2, 0.25) is 0 Å². The van der Waals surface area contributed by atoms with Crippen LogP contribution < -0.4 is 16.2 Å². The van der Waals surface area contributed by atoms with Crippen molar-refractivity contribution >= 4 is 39.4 Å². The van der Waals surface area contributed by atoms with E-state index >= 15 is 0 Å². The molecule has 0 saturated carbocycles. The van der Waals surface area contributed by atoms with Crippen molar-refractivity contribution in [3.63, 3.8) is 0 Å². The van der Waals surface area contributed by atoms with Gasteiger partial charge in [0, 0.05) is 25.0 Å². The van der Waals surface area contributed by atoms with Crippen LogP contribution >= 0.6 is 27.7 Å². The van der Waals surface area contributed by atoms with Crippen LogP contribution in [-0.2, 0) is 7.05 Å². The Hall–Kier alpha value is -0.950. The summed E-state index contributed by atoms with van der Waals surface area (Å²) in [6.07, 6.45) is 4.47. The lowest BCUT2D eigenvalue weighted by atomic mass is 10.3. The van der Waals surface area contributed by atoms with Gasteiger partial charge in [-0.05, 0) is 34.7 Å². The van der Waals surface area contributed by atoms with Gasteiger partial charge in [-0.2, -0.15) is 11.8 Å². The Labute approximate surface area is 125 Å². The summed E-state index contributed by atoms with van der Waals surface area (Å²) in [7, 11) is 1.64. The van der Waals surface area contributed by atoms with E-state index < -0.39 is 0 Å². The van der Waals surface area contributed by atoms with Gasteiger partial charge in [0.05, 0.1) is 10.2 Å². The van der Waals surface area contributed by atoms with Crippen LogP contribution in [0.1, 0.15) is 13.3 Å². The Morgan fingerprint density at radius 1 is 1.58 bits per heavy atom. The molecular weight excluding hydrogens is 330 g/mol. The minimum absolute atomic E-state index is 0.139. The van der Waals surface area contributed by atoms with Crippen molar-refractivity contribution in [1.29, 1.82) is 0 Å². The van der Waals surface area contributed by atoms with Gasteiger partial charge in [-0.1, -0.05) is 6.92 Å². The molecule has 0 radical (unpaired) electrons. The molecule has 1 rings (SSSR count). The second-order valence-corrected chi connectivity index (χ2v) is 5.92. The highest BCUT2D eigenvalue weighted by Gasteiger charge is 2.10. The number of pyridine rings is 1. The summed E-state index contributed by atoms with van der Waals surface area (Å²) >= 11 is 4.86. The number of carbonyl (C=O) groups excluding carboxylic acids is 1. The first kappa shape index (κ1) is 16.1. The first-order chi connectivity index (χ1) is 8.97. The number of rotatable bonds is 5. The van der Waals surface area contributed by atoms with Crippen LogP contribution in [0.25, 0.3) is 0 Å². The number of nitrogens with one attached hydrogen (secondary N) is 2. The molecule has 0 saturated heterocycles. The molecule has 2 N–H and O–H groups in total. The smallest absolute Gasteiger partial charge is 0.319 e. The standard InChI is InChI=1S/C12H18BrN3O2S/c1-4-8(7-19-3)14-12(18)15-9-5-10(13)11(17)16(2)6-9/h5-6,8H,4,7H2,1-3H3,(H2,14,15,18)/t8-/m1/s1. The average Bonchev–Trinajstić information content (AvgIpc) is 2.35. The number of amides is 2. The van der Waals surface area contributed by atoms with Gasteiger partial charge in [0.1, 0.15) is 0 Å². The number of urea groups is 1. The second kappa shape index (κ2) is 7.59. The Balaban J connectivity index is 2.69. The average molecular weight is 348 g/mol. The molecule has 1 atom stereocenters. The lowest BCUT2D eigenvalue weighted by Crippen LogP contribution is -2.39. The maximum atomic E-state index is 11.8. The molecule has 0 aliphatic rings. The zero-order valence-corrected chi connectivity index (χ0v) is 13.6. The SMILES string of the molecule is CC[C@H](CSC)NC(=O)Nc1cc(Br)c(=O)n(C)c1. The van der Waals surface area contributed by atoms with E-state index in [4.69, 9.17) is 0 Å². The van der Waals surface area contributed by atoms with Crippen molar-refractivity contribution in [3.8, 4) is 0 Å². The second-order valence-electron chi connectivity index (χ2n) is 4.15. The summed E-state index contributed by atoms with van der Waals surface area (Å²) in [4.78, 5) is 23.3. The van der Waals surface area contributed by atoms with E-state index in [1.165, 1.54) is 4.57 Å². The number of anilines is 1. The molecule has 0 spiro atoms. The largest absolute Gasteiger partial charge is 0.334 e. The molecule has 0 fully saturated rings. The maximum Gasteiger partial charge on any atom is 0.319 e. The molecule has 0 unspecified atom stereocenters. The summed E-state index contributed by atoms with van der Waals surface area (Å²) in [5, 5.41) is 5.62. The fourth-order valence-corrected chi connectivity index (χ4v) is 2.80. The van der Waals surface area contributed by atoms with Crippen LogP contribution in [0.2, 0.25) is 0 Å². The highest BCUT2D eigenvalue weighted by molar-refractivity contribution is 9.10. The number of thioether (sulfide) groups is 1. The Bertz CT molecular complexity index is 478. The van der Waals surface area contributed by atoms with Crippen LogP contribution in [0, 0.1) is 0 Å². The molecule has 0 aromatic carbocycles. The number of halogens is 1. The molecular formula is C12H18BrN3O2S. The van der Waals surface area contributed by atoms with Gasteiger partial charge in [-0.25, -0.2) is 4.79 Å². The van der Waals surface area contributed by atoms with Crippen LogP contribution in [0.4, 0.5) is 10.5 Å². The van der Waals surface area contributed by atoms with Crippen LogP contribution in [-0.4, -0.2) is 28.6 Å². The quantitative estimate of drug-likeness (QED) is 0.859. The van der Waals surface area contributed by atoms with Crippen LogP contribution in [0.3, 0.4) is 0 Å². The maximum absolute atomic E-state index is 11.8. The lowest BCUT2D eigenvalue weighted by molar-refractivity contribution is 0.249. The van der Waals surface area contributed by atoms with Gasteiger partial charge in [0.25, 0.3) is 5.56 Å². The molecule has 0 bridgehead atoms. The Morgan fingerprint density at radius 2 is 2.26 bits per heavy atom. The number of carbonyl (C=O) groups is 1. The first-order valence-corrected chi connectivity index (χ1v) is 8.09. The summed E-state index contributed by atoms with van der Waals surface area (Å²) in [6.45, 7) is 2.03. The van der Waals surface area contributed by atoms with E-state index in [0.29, 0.717) is 10.2 Å². The molecule has 1 aromatic heterocycles. The van der Waals surface area contributed by atoms with Crippen molar-refractivity contribution in [1.82, 2.24) is 9.88 Å². The fourth-order valence-electron chi connectivity index (χ4n) is 1.55. The van der Waals surface area contributed by atoms with Gasteiger partial charge >= 0.3 is 6.03 Å². The fraction of sp³-hybridized carbons (Fsp3) is 0.500. The third-order valence-corrected chi connectivity index (χ3v) is 3.90. The van der Waals surface area contributed by atoms with Gasteiger partial charge in [-0.15, -0.1) is 0 Å². The lowest BCUT2D eigenvalue weighted by Gasteiger charge is -2.16. The predicted molar refractivity (Wildman–Crippen MR) is 84.0 cm³/mol. The molecule has 2 amide bonds. The topological polar surface area (TPSA) is 63.1 Å². The third kappa shape index (κ3) is 4.91. The minimum Gasteiger partial charge on any atom is -0.334 e. The number of aryl methyl sites for hydroxylation is 1.